The number of carbonyl (C=O) groups is 1. The van der Waals surface area contributed by atoms with E-state index in [0.717, 1.165) is 23.3 Å². The van der Waals surface area contributed by atoms with Crippen molar-refractivity contribution in [3.8, 4) is 0 Å². The number of allylic oxidation sites excluding steroid dienone is 4. The smallest absolute Gasteiger partial charge is 0.267 e. The quantitative estimate of drug-likeness (QED) is 0.590. The van der Waals surface area contributed by atoms with Crippen LogP contribution >= 0.6 is 0 Å². The van der Waals surface area contributed by atoms with Crippen LogP contribution in [0.4, 0.5) is 0 Å². The maximum atomic E-state index is 13.6. The minimum atomic E-state index is -3.84. The maximum absolute atomic E-state index is 13.6. The molecule has 0 fully saturated rings. The molecule has 5 rings (SSSR count). The van der Waals surface area contributed by atoms with Crippen LogP contribution in [0.3, 0.4) is 0 Å². The number of benzene rings is 2. The summed E-state index contributed by atoms with van der Waals surface area (Å²) in [6.07, 6.45) is 11.5. The molecule has 170 valence electrons. The van der Waals surface area contributed by atoms with Crippen LogP contribution in [0.1, 0.15) is 28.2 Å². The molecule has 2 heterocycles. The van der Waals surface area contributed by atoms with E-state index < -0.39 is 10.0 Å². The number of sulfonamides is 1. The summed E-state index contributed by atoms with van der Waals surface area (Å²) < 4.78 is 28.5. The van der Waals surface area contributed by atoms with Crippen molar-refractivity contribution >= 4 is 21.5 Å². The highest BCUT2D eigenvalue weighted by molar-refractivity contribution is 7.89. The van der Waals surface area contributed by atoms with Crippen LogP contribution in [0.5, 0.6) is 0 Å². The number of aromatic nitrogens is 2. The Kier molecular flexibility index (Phi) is 5.81. The average molecular weight is 471 g/mol. The third-order valence-electron chi connectivity index (χ3n) is 5.82. The minimum Gasteiger partial charge on any atom is -0.345 e. The van der Waals surface area contributed by atoms with Crippen LogP contribution in [0.25, 0.3) is 5.57 Å². The third kappa shape index (κ3) is 4.15. The SMILES string of the molecule is O=C(NCc1ncccn1)c1ccc(S(=O)(=O)N2C=C(c3ccccc3)C3CC=CC=C32)cc1. The van der Waals surface area contributed by atoms with Gasteiger partial charge in [-0.25, -0.2) is 22.7 Å². The van der Waals surface area contributed by atoms with Crippen LogP contribution in [-0.4, -0.2) is 28.6 Å². The van der Waals surface area contributed by atoms with Crippen molar-refractivity contribution in [1.29, 1.82) is 0 Å². The molecule has 0 spiro atoms. The molecule has 0 saturated carbocycles. The Morgan fingerprint density at radius 1 is 1.00 bits per heavy atom. The van der Waals surface area contributed by atoms with Gasteiger partial charge >= 0.3 is 0 Å². The maximum Gasteiger partial charge on any atom is 0.267 e. The fourth-order valence-electron chi connectivity index (χ4n) is 4.11. The zero-order valence-electron chi connectivity index (χ0n) is 18.2. The molecular weight excluding hydrogens is 448 g/mol. The lowest BCUT2D eigenvalue weighted by Gasteiger charge is -2.23. The highest BCUT2D eigenvalue weighted by Gasteiger charge is 2.37. The van der Waals surface area contributed by atoms with Gasteiger partial charge < -0.3 is 5.32 Å². The number of hydrogen-bond acceptors (Lipinski definition) is 5. The summed E-state index contributed by atoms with van der Waals surface area (Å²) in [4.78, 5) is 20.7. The molecule has 1 unspecified atom stereocenters. The number of fused-ring (bicyclic) bond motifs is 1. The number of carbonyl (C=O) groups excluding carboxylic acids is 1. The standard InChI is InChI=1S/C26H22N4O3S/c31-26(29-17-25-27-15-6-16-28-25)20-11-13-21(14-12-20)34(32,33)30-18-23(19-7-2-1-3-8-19)22-9-4-5-10-24(22)30/h1-8,10-16,18,22H,9,17H2,(H,29,31). The summed E-state index contributed by atoms with van der Waals surface area (Å²) in [5, 5.41) is 2.74. The first-order valence-electron chi connectivity index (χ1n) is 10.9. The fourth-order valence-corrected chi connectivity index (χ4v) is 5.54. The zero-order valence-corrected chi connectivity index (χ0v) is 19.0. The van der Waals surface area contributed by atoms with Crippen LogP contribution in [0, 0.1) is 5.92 Å². The molecule has 1 aliphatic carbocycles. The molecule has 3 aromatic rings. The Hall–Kier alpha value is -4.04. The molecule has 7 nitrogen and oxygen atoms in total. The highest BCUT2D eigenvalue weighted by atomic mass is 32.2. The van der Waals surface area contributed by atoms with Crippen molar-refractivity contribution in [1.82, 2.24) is 19.6 Å². The van der Waals surface area contributed by atoms with E-state index in [0.29, 0.717) is 11.4 Å². The van der Waals surface area contributed by atoms with Crippen molar-refractivity contribution in [2.45, 2.75) is 17.9 Å². The van der Waals surface area contributed by atoms with E-state index in [1.165, 1.54) is 28.6 Å². The third-order valence-corrected chi connectivity index (χ3v) is 7.53. The first-order valence-corrected chi connectivity index (χ1v) is 12.3. The molecule has 0 radical (unpaired) electrons. The second-order valence-corrected chi connectivity index (χ2v) is 9.75. The molecule has 0 bridgehead atoms. The van der Waals surface area contributed by atoms with E-state index in [4.69, 9.17) is 0 Å². The van der Waals surface area contributed by atoms with Crippen LogP contribution in [-0.2, 0) is 16.6 Å². The van der Waals surface area contributed by atoms with E-state index in [-0.39, 0.29) is 23.3 Å². The molecule has 0 saturated heterocycles. The lowest BCUT2D eigenvalue weighted by Crippen LogP contribution is -2.26. The van der Waals surface area contributed by atoms with Crippen molar-refractivity contribution in [3.05, 3.63) is 120 Å². The fraction of sp³-hybridized carbons (Fsp3) is 0.115. The number of nitrogens with zero attached hydrogens (tertiary/aromatic N) is 3. The van der Waals surface area contributed by atoms with E-state index in [2.05, 4.69) is 21.4 Å². The van der Waals surface area contributed by atoms with E-state index in [1.807, 2.05) is 42.5 Å². The lowest BCUT2D eigenvalue weighted by atomic mass is 9.88. The number of hydrogen-bond donors (Lipinski definition) is 1. The number of amides is 1. The van der Waals surface area contributed by atoms with E-state index >= 15 is 0 Å². The van der Waals surface area contributed by atoms with Crippen molar-refractivity contribution in [3.63, 3.8) is 0 Å². The van der Waals surface area contributed by atoms with Gasteiger partial charge in [-0.05, 0) is 54.0 Å². The molecule has 1 aromatic heterocycles. The van der Waals surface area contributed by atoms with Gasteiger partial charge in [0.1, 0.15) is 5.82 Å². The van der Waals surface area contributed by atoms with Crippen LogP contribution in [0.15, 0.2) is 108 Å². The second kappa shape index (κ2) is 9.07. The zero-order chi connectivity index (χ0) is 23.5. The predicted molar refractivity (Wildman–Crippen MR) is 128 cm³/mol. The van der Waals surface area contributed by atoms with E-state index in [1.54, 1.807) is 24.7 Å². The Labute approximate surface area is 198 Å². The molecule has 34 heavy (non-hydrogen) atoms. The van der Waals surface area contributed by atoms with Crippen molar-refractivity contribution < 1.29 is 13.2 Å². The normalized spacial score (nSPS) is 17.1. The van der Waals surface area contributed by atoms with Crippen LogP contribution < -0.4 is 5.32 Å². The van der Waals surface area contributed by atoms with Gasteiger partial charge in [-0.2, -0.15) is 0 Å². The molecule has 2 aromatic carbocycles. The summed E-state index contributed by atoms with van der Waals surface area (Å²) in [5.74, 6) is 0.144. The Bertz CT molecular complexity index is 1400. The molecule has 8 heteroatoms. The van der Waals surface area contributed by atoms with Crippen molar-refractivity contribution in [2.24, 2.45) is 5.92 Å². The Balaban J connectivity index is 1.39. The van der Waals surface area contributed by atoms with E-state index in [9.17, 15) is 13.2 Å². The van der Waals surface area contributed by atoms with Gasteiger partial charge in [0.25, 0.3) is 15.9 Å². The number of rotatable bonds is 6. The molecular formula is C26H22N4O3S. The Morgan fingerprint density at radius 2 is 1.74 bits per heavy atom. The Morgan fingerprint density at radius 3 is 2.47 bits per heavy atom. The molecule has 1 atom stereocenters. The molecule has 1 amide bonds. The van der Waals surface area contributed by atoms with Gasteiger partial charge in [0.15, 0.2) is 0 Å². The van der Waals surface area contributed by atoms with Crippen LogP contribution in [0.2, 0.25) is 0 Å². The van der Waals surface area contributed by atoms with Gasteiger partial charge in [0.05, 0.1) is 11.4 Å². The topological polar surface area (TPSA) is 92.3 Å². The predicted octanol–water partition coefficient (Wildman–Crippen LogP) is 3.91. The summed E-state index contributed by atoms with van der Waals surface area (Å²) in [7, 11) is -3.84. The average Bonchev–Trinajstić information content (AvgIpc) is 3.29. The first-order chi connectivity index (χ1) is 16.5. The monoisotopic (exact) mass is 470 g/mol. The summed E-state index contributed by atoms with van der Waals surface area (Å²) in [6.45, 7) is 0.184. The molecule has 1 N–H and O–H groups in total. The van der Waals surface area contributed by atoms with Gasteiger partial charge in [-0.1, -0.05) is 42.5 Å². The molecule has 2 aliphatic rings. The first kappa shape index (κ1) is 21.8. The van der Waals surface area contributed by atoms with Gasteiger partial charge in [-0.3, -0.25) is 4.79 Å². The largest absolute Gasteiger partial charge is 0.345 e. The van der Waals surface area contributed by atoms with Crippen molar-refractivity contribution in [2.75, 3.05) is 0 Å². The lowest BCUT2D eigenvalue weighted by molar-refractivity contribution is 0.0949. The highest BCUT2D eigenvalue weighted by Crippen LogP contribution is 2.44. The summed E-state index contributed by atoms with van der Waals surface area (Å²) >= 11 is 0. The van der Waals surface area contributed by atoms with Gasteiger partial charge in [0.2, 0.25) is 0 Å². The summed E-state index contributed by atoms with van der Waals surface area (Å²) in [6, 6.07) is 17.5. The second-order valence-electron chi connectivity index (χ2n) is 7.93. The van der Waals surface area contributed by atoms with Gasteiger partial charge in [0, 0.05) is 35.8 Å². The number of nitrogens with one attached hydrogen (secondary N) is 1. The van der Waals surface area contributed by atoms with Gasteiger partial charge in [-0.15, -0.1) is 0 Å². The molecule has 1 aliphatic heterocycles. The minimum absolute atomic E-state index is 0.0209. The summed E-state index contributed by atoms with van der Waals surface area (Å²) in [5.41, 5.74) is 3.06.